The van der Waals surface area contributed by atoms with Gasteiger partial charge in [0.25, 0.3) is 5.91 Å². The van der Waals surface area contributed by atoms with Gasteiger partial charge in [0, 0.05) is 30.8 Å². The van der Waals surface area contributed by atoms with Gasteiger partial charge < -0.3 is 9.80 Å². The van der Waals surface area contributed by atoms with E-state index >= 15 is 0 Å². The number of fused-ring (bicyclic) bond motifs is 1. The van der Waals surface area contributed by atoms with Gasteiger partial charge in [0.1, 0.15) is 0 Å². The van der Waals surface area contributed by atoms with Crippen LogP contribution in [-0.4, -0.2) is 29.8 Å². The highest BCUT2D eigenvalue weighted by atomic mass is 16.2. The minimum Gasteiger partial charge on any atom is -0.331 e. The van der Waals surface area contributed by atoms with Gasteiger partial charge in [-0.2, -0.15) is 0 Å². The van der Waals surface area contributed by atoms with Gasteiger partial charge in [-0.25, -0.2) is 0 Å². The number of carbonyl (C=O) groups excluding carboxylic acids is 2. The number of anilines is 1. The van der Waals surface area contributed by atoms with Crippen molar-refractivity contribution in [3.05, 3.63) is 64.7 Å². The lowest BCUT2D eigenvalue weighted by molar-refractivity contribution is -0.117. The van der Waals surface area contributed by atoms with E-state index in [2.05, 4.69) is 39.0 Å². The number of nitrogens with zero attached hydrogens (tertiary/aromatic N) is 2. The van der Waals surface area contributed by atoms with Crippen LogP contribution in [0.25, 0.3) is 0 Å². The van der Waals surface area contributed by atoms with Crippen LogP contribution in [-0.2, 0) is 11.2 Å². The molecule has 1 saturated heterocycles. The number of rotatable bonds is 3. The molecule has 4 rings (SSSR count). The van der Waals surface area contributed by atoms with E-state index in [9.17, 15) is 9.59 Å². The Labute approximate surface area is 167 Å². The largest absolute Gasteiger partial charge is 0.331 e. The molecule has 2 aliphatic heterocycles. The van der Waals surface area contributed by atoms with Gasteiger partial charge in [-0.15, -0.1) is 0 Å². The van der Waals surface area contributed by atoms with Gasteiger partial charge in [0.05, 0.1) is 6.04 Å². The zero-order valence-electron chi connectivity index (χ0n) is 16.9. The summed E-state index contributed by atoms with van der Waals surface area (Å²) in [5.41, 5.74) is 5.49. The molecule has 146 valence electrons. The molecule has 0 aromatic heterocycles. The van der Waals surface area contributed by atoms with Crippen molar-refractivity contribution in [3.63, 3.8) is 0 Å². The lowest BCUT2D eigenvalue weighted by Crippen LogP contribution is -2.42. The van der Waals surface area contributed by atoms with Gasteiger partial charge in [0.15, 0.2) is 0 Å². The molecule has 0 aliphatic carbocycles. The van der Waals surface area contributed by atoms with Gasteiger partial charge in [-0.3, -0.25) is 9.59 Å². The normalized spacial score (nSPS) is 19.3. The van der Waals surface area contributed by atoms with E-state index in [1.807, 2.05) is 34.1 Å². The van der Waals surface area contributed by atoms with Crippen LogP contribution >= 0.6 is 0 Å². The van der Waals surface area contributed by atoms with Crippen molar-refractivity contribution in [1.29, 1.82) is 0 Å². The lowest BCUT2D eigenvalue weighted by atomic mass is 9.85. The SMILES string of the molecule is Cc1ccc2c(c1)CCN(C(=O)c1ccc(N3CCCC3=O)cc1)C2C(C)C. The number of hydrogen-bond donors (Lipinski definition) is 0. The Balaban J connectivity index is 1.60. The zero-order valence-corrected chi connectivity index (χ0v) is 16.9. The first-order valence-corrected chi connectivity index (χ1v) is 10.3. The Bertz CT molecular complexity index is 901. The second-order valence-corrected chi connectivity index (χ2v) is 8.34. The third kappa shape index (κ3) is 3.32. The van der Waals surface area contributed by atoms with E-state index in [1.54, 1.807) is 0 Å². The maximum absolute atomic E-state index is 13.3. The van der Waals surface area contributed by atoms with Crippen molar-refractivity contribution in [2.45, 2.75) is 46.1 Å². The van der Waals surface area contributed by atoms with Crippen molar-refractivity contribution >= 4 is 17.5 Å². The third-order valence-electron chi connectivity index (χ3n) is 5.97. The summed E-state index contributed by atoms with van der Waals surface area (Å²) in [5.74, 6) is 0.582. The van der Waals surface area contributed by atoms with Crippen molar-refractivity contribution in [1.82, 2.24) is 4.90 Å². The predicted molar refractivity (Wildman–Crippen MR) is 112 cm³/mol. The Morgan fingerprint density at radius 2 is 1.79 bits per heavy atom. The van der Waals surface area contributed by atoms with Gasteiger partial charge in [-0.1, -0.05) is 37.6 Å². The fraction of sp³-hybridized carbons (Fsp3) is 0.417. The molecule has 1 atom stereocenters. The molecule has 1 fully saturated rings. The molecule has 4 heteroatoms. The van der Waals surface area contributed by atoms with Crippen molar-refractivity contribution in [2.24, 2.45) is 5.92 Å². The van der Waals surface area contributed by atoms with E-state index < -0.39 is 0 Å². The first-order valence-electron chi connectivity index (χ1n) is 10.3. The van der Waals surface area contributed by atoms with E-state index in [1.165, 1.54) is 16.7 Å². The van der Waals surface area contributed by atoms with E-state index in [0.29, 0.717) is 17.9 Å². The fourth-order valence-electron chi connectivity index (χ4n) is 4.61. The van der Waals surface area contributed by atoms with Crippen LogP contribution in [0, 0.1) is 12.8 Å². The Morgan fingerprint density at radius 3 is 2.43 bits per heavy atom. The monoisotopic (exact) mass is 376 g/mol. The molecule has 0 radical (unpaired) electrons. The van der Waals surface area contributed by atoms with E-state index in [0.717, 1.165) is 31.6 Å². The number of carbonyl (C=O) groups is 2. The summed E-state index contributed by atoms with van der Waals surface area (Å²) in [6.07, 6.45) is 2.41. The number of benzene rings is 2. The minimum atomic E-state index is 0.0734. The van der Waals surface area contributed by atoms with Crippen LogP contribution in [0.15, 0.2) is 42.5 Å². The van der Waals surface area contributed by atoms with Crippen LogP contribution in [0.1, 0.15) is 59.8 Å². The topological polar surface area (TPSA) is 40.6 Å². The Hall–Kier alpha value is -2.62. The maximum atomic E-state index is 13.3. The van der Waals surface area contributed by atoms with Crippen LogP contribution in [0.3, 0.4) is 0 Å². The average Bonchev–Trinajstić information content (AvgIpc) is 3.12. The number of hydrogen-bond acceptors (Lipinski definition) is 2. The quantitative estimate of drug-likeness (QED) is 0.790. The summed E-state index contributed by atoms with van der Waals surface area (Å²) in [7, 11) is 0. The van der Waals surface area contributed by atoms with Crippen LogP contribution in [0.5, 0.6) is 0 Å². The summed E-state index contributed by atoms with van der Waals surface area (Å²) in [6.45, 7) is 7.99. The molecular weight excluding hydrogens is 348 g/mol. The van der Waals surface area contributed by atoms with Gasteiger partial charge >= 0.3 is 0 Å². The highest BCUT2D eigenvalue weighted by molar-refractivity contribution is 5.97. The second kappa shape index (κ2) is 7.42. The fourth-order valence-corrected chi connectivity index (χ4v) is 4.61. The molecule has 2 aromatic rings. The molecule has 0 saturated carbocycles. The number of amides is 2. The van der Waals surface area contributed by atoms with Crippen molar-refractivity contribution in [3.8, 4) is 0 Å². The number of aryl methyl sites for hydroxylation is 1. The maximum Gasteiger partial charge on any atom is 0.254 e. The minimum absolute atomic E-state index is 0.0734. The smallest absolute Gasteiger partial charge is 0.254 e. The summed E-state index contributed by atoms with van der Waals surface area (Å²) >= 11 is 0. The average molecular weight is 377 g/mol. The molecule has 0 N–H and O–H groups in total. The molecule has 0 bridgehead atoms. The second-order valence-electron chi connectivity index (χ2n) is 8.34. The molecule has 2 heterocycles. The summed E-state index contributed by atoms with van der Waals surface area (Å²) in [4.78, 5) is 29.1. The molecular formula is C24H28N2O2. The molecule has 2 amide bonds. The first kappa shape index (κ1) is 18.7. The molecule has 4 nitrogen and oxygen atoms in total. The van der Waals surface area contributed by atoms with E-state index in [4.69, 9.17) is 0 Å². The predicted octanol–water partition coefficient (Wildman–Crippen LogP) is 4.52. The lowest BCUT2D eigenvalue weighted by Gasteiger charge is -2.40. The summed E-state index contributed by atoms with van der Waals surface area (Å²) in [6, 6.07) is 14.2. The highest BCUT2D eigenvalue weighted by Crippen LogP contribution is 2.36. The molecule has 1 unspecified atom stereocenters. The van der Waals surface area contributed by atoms with Gasteiger partial charge in [-0.05, 0) is 61.1 Å². The molecule has 28 heavy (non-hydrogen) atoms. The Kier molecular flexibility index (Phi) is 4.96. The van der Waals surface area contributed by atoms with Crippen LogP contribution in [0.4, 0.5) is 5.69 Å². The summed E-state index contributed by atoms with van der Waals surface area (Å²) < 4.78 is 0. The van der Waals surface area contributed by atoms with Crippen LogP contribution in [0.2, 0.25) is 0 Å². The van der Waals surface area contributed by atoms with Crippen LogP contribution < -0.4 is 4.90 Å². The molecule has 2 aromatic carbocycles. The van der Waals surface area contributed by atoms with E-state index in [-0.39, 0.29) is 17.9 Å². The van der Waals surface area contributed by atoms with Gasteiger partial charge in [0.2, 0.25) is 5.91 Å². The summed E-state index contributed by atoms with van der Waals surface area (Å²) in [5, 5.41) is 0. The molecule has 0 spiro atoms. The first-order chi connectivity index (χ1) is 13.5. The third-order valence-corrected chi connectivity index (χ3v) is 5.97. The Morgan fingerprint density at radius 1 is 1.04 bits per heavy atom. The van der Waals surface area contributed by atoms with Crippen molar-refractivity contribution < 1.29 is 9.59 Å². The zero-order chi connectivity index (χ0) is 19.8. The van der Waals surface area contributed by atoms with Crippen molar-refractivity contribution in [2.75, 3.05) is 18.0 Å². The molecule has 2 aliphatic rings. The standard InChI is InChI=1S/C24H28N2O2/c1-16(2)23-21-11-6-17(3)15-19(21)12-14-26(23)24(28)18-7-9-20(10-8-18)25-13-4-5-22(25)27/h6-11,15-16,23H,4-5,12-14H2,1-3H3. The highest BCUT2D eigenvalue weighted by Gasteiger charge is 2.33.